The molecule has 0 spiro atoms. The summed E-state index contributed by atoms with van der Waals surface area (Å²) in [6, 6.07) is 16.7. The molecule has 8 nitrogen and oxygen atoms in total. The largest absolute Gasteiger partial charge is 0.497 e. The van der Waals surface area contributed by atoms with E-state index in [9.17, 15) is 4.79 Å². The number of nitrogens with one attached hydrogen (secondary N) is 1. The first-order valence-electron chi connectivity index (χ1n) is 11.6. The lowest BCUT2D eigenvalue weighted by Crippen LogP contribution is -2.37. The molecule has 9 heteroatoms. The van der Waals surface area contributed by atoms with Crippen LogP contribution in [0.1, 0.15) is 23.8 Å². The van der Waals surface area contributed by atoms with Gasteiger partial charge in [0.05, 0.1) is 55.2 Å². The number of methoxy groups -OCH3 is 1. The van der Waals surface area contributed by atoms with E-state index in [0.717, 1.165) is 41.5 Å². The smallest absolute Gasteiger partial charge is 0.262 e. The molecule has 1 saturated heterocycles. The zero-order valence-electron chi connectivity index (χ0n) is 19.4. The van der Waals surface area contributed by atoms with Crippen molar-refractivity contribution in [3.63, 3.8) is 0 Å². The molecule has 2 aliphatic rings. The molecule has 1 N–H and O–H groups in total. The lowest BCUT2D eigenvalue weighted by molar-refractivity contribution is -0.131. The van der Waals surface area contributed by atoms with Crippen LogP contribution >= 0.6 is 11.6 Å². The van der Waals surface area contributed by atoms with E-state index in [1.165, 1.54) is 5.01 Å². The van der Waals surface area contributed by atoms with E-state index in [-0.39, 0.29) is 18.5 Å². The average Bonchev–Trinajstić information content (AvgIpc) is 3.58. The number of carbonyl (C=O) groups excluding carboxylic acids is 1. The highest BCUT2D eigenvalue weighted by Gasteiger charge is 2.34. The Hall–Kier alpha value is -3.49. The summed E-state index contributed by atoms with van der Waals surface area (Å²) in [5, 5.41) is 10.1. The number of halogens is 1. The summed E-state index contributed by atoms with van der Waals surface area (Å²) in [7, 11) is 1.63. The lowest BCUT2D eigenvalue weighted by Gasteiger charge is -2.31. The molecule has 0 unspecified atom stereocenters. The highest BCUT2D eigenvalue weighted by molar-refractivity contribution is 6.34. The summed E-state index contributed by atoms with van der Waals surface area (Å²) >= 11 is 6.54. The summed E-state index contributed by atoms with van der Waals surface area (Å²) < 4.78 is 16.4. The molecular weight excluding hydrogens is 468 g/mol. The highest BCUT2D eigenvalue weighted by Crippen LogP contribution is 2.36. The number of carbonyl (C=O) groups is 1. The number of rotatable bonds is 7. The normalized spacial score (nSPS) is 17.9. The van der Waals surface area contributed by atoms with Gasteiger partial charge in [0, 0.05) is 19.5 Å². The number of furan rings is 1. The van der Waals surface area contributed by atoms with E-state index in [0.29, 0.717) is 30.4 Å². The van der Waals surface area contributed by atoms with Crippen LogP contribution in [0.15, 0.2) is 70.4 Å². The second-order valence-electron chi connectivity index (χ2n) is 8.34. The van der Waals surface area contributed by atoms with Crippen molar-refractivity contribution in [2.75, 3.05) is 50.2 Å². The molecule has 2 aromatic carbocycles. The summed E-state index contributed by atoms with van der Waals surface area (Å²) in [6.45, 7) is 2.84. The average molecular weight is 495 g/mol. The van der Waals surface area contributed by atoms with Gasteiger partial charge in [-0.1, -0.05) is 17.7 Å². The Balaban J connectivity index is 1.36. The SMILES string of the molecule is COc1ccc(C2=NN(C(=O)CNc3cccc(Cl)c3N3CCOCC3)[C@@H](c3ccco3)C2)cc1. The highest BCUT2D eigenvalue weighted by atomic mass is 35.5. The van der Waals surface area contributed by atoms with Crippen LogP contribution in [0.2, 0.25) is 5.02 Å². The molecule has 35 heavy (non-hydrogen) atoms. The Labute approximate surface area is 209 Å². The third-order valence-corrected chi connectivity index (χ3v) is 6.51. The molecule has 3 aromatic rings. The summed E-state index contributed by atoms with van der Waals surface area (Å²) in [5.41, 5.74) is 3.45. The van der Waals surface area contributed by atoms with Gasteiger partial charge >= 0.3 is 0 Å². The fraction of sp³-hybridized carbons (Fsp3) is 0.308. The van der Waals surface area contributed by atoms with Crippen molar-refractivity contribution in [3.05, 3.63) is 77.2 Å². The number of anilines is 2. The molecule has 0 saturated carbocycles. The minimum atomic E-state index is -0.311. The minimum Gasteiger partial charge on any atom is -0.497 e. The summed E-state index contributed by atoms with van der Waals surface area (Å²) in [4.78, 5) is 15.6. The second kappa shape index (κ2) is 10.4. The van der Waals surface area contributed by atoms with Gasteiger partial charge < -0.3 is 24.1 Å². The number of benzene rings is 2. The van der Waals surface area contributed by atoms with E-state index in [4.69, 9.17) is 30.6 Å². The Kier molecular flexibility index (Phi) is 6.92. The van der Waals surface area contributed by atoms with Gasteiger partial charge in [0.2, 0.25) is 0 Å². The zero-order chi connectivity index (χ0) is 24.2. The maximum Gasteiger partial charge on any atom is 0.262 e. The summed E-state index contributed by atoms with van der Waals surface area (Å²) in [5.74, 6) is 1.30. The molecule has 5 rings (SSSR count). The van der Waals surface area contributed by atoms with E-state index in [2.05, 4.69) is 10.2 Å². The Morgan fingerprint density at radius 1 is 1.14 bits per heavy atom. The van der Waals surface area contributed by atoms with Crippen molar-refractivity contribution < 1.29 is 18.7 Å². The third-order valence-electron chi connectivity index (χ3n) is 6.20. The van der Waals surface area contributed by atoms with Crippen LogP contribution in [0.25, 0.3) is 0 Å². The van der Waals surface area contributed by atoms with Gasteiger partial charge in [0.25, 0.3) is 5.91 Å². The molecule has 1 fully saturated rings. The van der Waals surface area contributed by atoms with Gasteiger partial charge in [-0.2, -0.15) is 5.10 Å². The molecule has 182 valence electrons. The second-order valence-corrected chi connectivity index (χ2v) is 8.75. The van der Waals surface area contributed by atoms with Crippen LogP contribution in [0.5, 0.6) is 5.75 Å². The number of morpholine rings is 1. The predicted molar refractivity (Wildman–Crippen MR) is 135 cm³/mol. The first kappa shape index (κ1) is 23.3. The van der Waals surface area contributed by atoms with Gasteiger partial charge in [-0.3, -0.25) is 4.79 Å². The van der Waals surface area contributed by atoms with Crippen LogP contribution in [0.4, 0.5) is 11.4 Å². The first-order valence-corrected chi connectivity index (χ1v) is 11.9. The first-order chi connectivity index (χ1) is 17.1. The molecule has 2 aliphatic heterocycles. The Morgan fingerprint density at radius 3 is 2.66 bits per heavy atom. The summed E-state index contributed by atoms with van der Waals surface area (Å²) in [6.07, 6.45) is 2.17. The van der Waals surface area contributed by atoms with E-state index in [1.807, 2.05) is 54.6 Å². The monoisotopic (exact) mass is 494 g/mol. The molecule has 1 aromatic heterocycles. The molecule has 1 atom stereocenters. The molecule has 3 heterocycles. The zero-order valence-corrected chi connectivity index (χ0v) is 20.2. The van der Waals surface area contributed by atoms with E-state index >= 15 is 0 Å². The van der Waals surface area contributed by atoms with Crippen LogP contribution in [0, 0.1) is 0 Å². The third kappa shape index (κ3) is 4.99. The van der Waals surface area contributed by atoms with Gasteiger partial charge in [0.15, 0.2) is 0 Å². The number of nitrogens with zero attached hydrogens (tertiary/aromatic N) is 3. The van der Waals surface area contributed by atoms with Crippen molar-refractivity contribution in [1.29, 1.82) is 0 Å². The number of amides is 1. The van der Waals surface area contributed by atoms with Gasteiger partial charge in [0.1, 0.15) is 17.6 Å². The van der Waals surface area contributed by atoms with Gasteiger partial charge in [-0.15, -0.1) is 0 Å². The molecule has 0 aliphatic carbocycles. The topological polar surface area (TPSA) is 79.5 Å². The van der Waals surface area contributed by atoms with E-state index in [1.54, 1.807) is 13.4 Å². The number of hydrogen-bond acceptors (Lipinski definition) is 7. The van der Waals surface area contributed by atoms with Crippen molar-refractivity contribution >= 4 is 34.6 Å². The number of ether oxygens (including phenoxy) is 2. The predicted octanol–water partition coefficient (Wildman–Crippen LogP) is 4.57. The fourth-order valence-corrected chi connectivity index (χ4v) is 4.71. The molecule has 0 radical (unpaired) electrons. The molecule has 0 bridgehead atoms. The van der Waals surface area contributed by atoms with Crippen molar-refractivity contribution in [2.24, 2.45) is 5.10 Å². The Morgan fingerprint density at radius 2 is 1.94 bits per heavy atom. The maximum absolute atomic E-state index is 13.4. The van der Waals surface area contributed by atoms with E-state index < -0.39 is 0 Å². The Bertz CT molecular complexity index is 1190. The maximum atomic E-state index is 13.4. The minimum absolute atomic E-state index is 0.0638. The van der Waals surface area contributed by atoms with Crippen molar-refractivity contribution in [3.8, 4) is 5.75 Å². The fourth-order valence-electron chi connectivity index (χ4n) is 4.42. The van der Waals surface area contributed by atoms with Crippen molar-refractivity contribution in [1.82, 2.24) is 5.01 Å². The standard InChI is InChI=1S/C26H27ClN4O4/c1-33-19-9-7-18(8-10-19)22-16-23(24-6-3-13-35-24)31(29-22)25(32)17-28-21-5-2-4-20(27)26(21)30-11-14-34-15-12-30/h2-10,13,23,28H,11-12,14-17H2,1H3/t23-/m1/s1. The number of hydrogen-bond donors (Lipinski definition) is 1. The number of hydrazone groups is 1. The molecule has 1 amide bonds. The van der Waals surface area contributed by atoms with Gasteiger partial charge in [-0.05, 0) is 54.1 Å². The lowest BCUT2D eigenvalue weighted by atomic mass is 10.0. The van der Waals surface area contributed by atoms with Crippen LogP contribution < -0.4 is 15.0 Å². The molecular formula is C26H27ClN4O4. The van der Waals surface area contributed by atoms with Gasteiger partial charge in [-0.25, -0.2) is 5.01 Å². The van der Waals surface area contributed by atoms with Crippen LogP contribution in [-0.4, -0.2) is 56.6 Å². The quantitative estimate of drug-likeness (QED) is 0.518. The van der Waals surface area contributed by atoms with Crippen LogP contribution in [-0.2, 0) is 9.53 Å². The van der Waals surface area contributed by atoms with Crippen molar-refractivity contribution in [2.45, 2.75) is 12.5 Å². The number of para-hydroxylation sites is 1. The van der Waals surface area contributed by atoms with Crippen LogP contribution in [0.3, 0.4) is 0 Å².